The van der Waals surface area contributed by atoms with Crippen LogP contribution in [0.15, 0.2) is 42.5 Å². The smallest absolute Gasteiger partial charge is 0.349 e. The molecule has 0 aliphatic heterocycles. The van der Waals surface area contributed by atoms with Crippen LogP contribution in [0.5, 0.6) is 5.75 Å². The summed E-state index contributed by atoms with van der Waals surface area (Å²) in [6, 6.07) is 6.18. The van der Waals surface area contributed by atoms with Gasteiger partial charge < -0.3 is 4.74 Å². The molecule has 3 rings (SSSR count). The molecule has 0 bridgehead atoms. The molecule has 0 fully saturated rings. The maximum absolute atomic E-state index is 14.4. The fourth-order valence-electron chi connectivity index (χ4n) is 3.33. The van der Waals surface area contributed by atoms with Crippen LogP contribution in [0, 0.1) is 23.3 Å². The van der Waals surface area contributed by atoms with E-state index in [4.69, 9.17) is 4.74 Å². The van der Waals surface area contributed by atoms with Crippen molar-refractivity contribution >= 4 is 22.8 Å². The van der Waals surface area contributed by atoms with E-state index in [1.165, 1.54) is 0 Å². The van der Waals surface area contributed by atoms with Gasteiger partial charge in [-0.25, -0.2) is 22.4 Å². The van der Waals surface area contributed by atoms with Gasteiger partial charge in [0.05, 0.1) is 5.56 Å². The Hall–Kier alpha value is -3.29. The first-order valence-electron chi connectivity index (χ1n) is 9.85. The first-order valence-corrected chi connectivity index (χ1v) is 9.85. The number of aryl methyl sites for hydroxylation is 1. The minimum Gasteiger partial charge on any atom is -0.423 e. The van der Waals surface area contributed by atoms with Crippen LogP contribution in [-0.2, 0) is 6.42 Å². The van der Waals surface area contributed by atoms with Gasteiger partial charge >= 0.3 is 5.97 Å². The van der Waals surface area contributed by atoms with Gasteiger partial charge in [-0.15, -0.1) is 0 Å². The van der Waals surface area contributed by atoms with E-state index in [1.54, 1.807) is 0 Å². The van der Waals surface area contributed by atoms with Crippen molar-refractivity contribution in [2.24, 2.45) is 0 Å². The Bertz CT molecular complexity index is 1180. The number of ether oxygens (including phenoxy) is 1. The quantitative estimate of drug-likeness (QED) is 0.160. The Labute approximate surface area is 180 Å². The number of hydrogen-bond donors (Lipinski definition) is 0. The van der Waals surface area contributed by atoms with Gasteiger partial charge in [-0.2, -0.15) is 8.78 Å². The Kier molecular flexibility index (Phi) is 7.22. The van der Waals surface area contributed by atoms with Crippen LogP contribution in [0.2, 0.25) is 0 Å². The third kappa shape index (κ3) is 5.12. The number of halogens is 6. The number of unbranched alkanes of at least 4 members (excludes halogenated alkanes) is 2. The average Bonchev–Trinajstić information content (AvgIpc) is 2.70. The van der Waals surface area contributed by atoms with E-state index < -0.39 is 46.4 Å². The van der Waals surface area contributed by atoms with Crippen molar-refractivity contribution in [2.45, 2.75) is 32.6 Å². The van der Waals surface area contributed by atoms with Gasteiger partial charge in [-0.3, -0.25) is 0 Å². The zero-order chi connectivity index (χ0) is 23.4. The Balaban J connectivity index is 1.88. The van der Waals surface area contributed by atoms with Crippen molar-refractivity contribution < 1.29 is 35.9 Å². The molecule has 0 N–H and O–H groups in total. The van der Waals surface area contributed by atoms with Gasteiger partial charge in [0.25, 0.3) is 6.08 Å². The molecule has 0 heterocycles. The summed E-state index contributed by atoms with van der Waals surface area (Å²) in [4.78, 5) is 12.3. The molecule has 0 unspecified atom stereocenters. The summed E-state index contributed by atoms with van der Waals surface area (Å²) in [5.74, 6) is -6.18. The average molecular weight is 452 g/mol. The highest BCUT2D eigenvalue weighted by molar-refractivity contribution is 5.93. The van der Waals surface area contributed by atoms with Gasteiger partial charge in [0.2, 0.25) is 0 Å². The predicted octanol–water partition coefficient (Wildman–Crippen LogP) is 7.59. The number of carbonyl (C=O) groups is 1. The van der Waals surface area contributed by atoms with Crippen LogP contribution in [0.1, 0.15) is 47.7 Å². The molecule has 3 aromatic rings. The summed E-state index contributed by atoms with van der Waals surface area (Å²) in [6.07, 6.45) is 0.848. The third-order valence-corrected chi connectivity index (χ3v) is 4.87. The van der Waals surface area contributed by atoms with E-state index in [0.29, 0.717) is 12.0 Å². The van der Waals surface area contributed by atoms with Gasteiger partial charge in [0, 0.05) is 11.5 Å². The maximum Gasteiger partial charge on any atom is 0.349 e. The first kappa shape index (κ1) is 23.4. The summed E-state index contributed by atoms with van der Waals surface area (Å²) in [7, 11) is 0. The number of carbonyl (C=O) groups excluding carboxylic acids is 1. The highest BCUT2D eigenvalue weighted by atomic mass is 19.3. The van der Waals surface area contributed by atoms with E-state index in [-0.39, 0.29) is 22.6 Å². The van der Waals surface area contributed by atoms with Gasteiger partial charge in [0.1, 0.15) is 34.6 Å². The molecule has 32 heavy (non-hydrogen) atoms. The molecule has 0 spiro atoms. The van der Waals surface area contributed by atoms with Gasteiger partial charge in [-0.1, -0.05) is 19.8 Å². The minimum atomic E-state index is -2.27. The van der Waals surface area contributed by atoms with Crippen LogP contribution < -0.4 is 4.74 Å². The summed E-state index contributed by atoms with van der Waals surface area (Å²) in [5.41, 5.74) is -1.39. The molecule has 0 saturated carbocycles. The topological polar surface area (TPSA) is 26.3 Å². The lowest BCUT2D eigenvalue weighted by Crippen LogP contribution is -2.14. The minimum absolute atomic E-state index is 0.0650. The summed E-state index contributed by atoms with van der Waals surface area (Å²) >= 11 is 0. The summed E-state index contributed by atoms with van der Waals surface area (Å²) < 4.78 is 87.0. The van der Waals surface area contributed by atoms with Crippen molar-refractivity contribution in [3.05, 3.63) is 82.4 Å². The van der Waals surface area contributed by atoms with Crippen molar-refractivity contribution in [1.82, 2.24) is 0 Å². The van der Waals surface area contributed by atoms with E-state index in [2.05, 4.69) is 0 Å². The van der Waals surface area contributed by atoms with Crippen molar-refractivity contribution in [3.63, 3.8) is 0 Å². The van der Waals surface area contributed by atoms with E-state index >= 15 is 0 Å². The second kappa shape index (κ2) is 9.89. The molecule has 0 aliphatic carbocycles. The predicted molar refractivity (Wildman–Crippen MR) is 109 cm³/mol. The van der Waals surface area contributed by atoms with Gasteiger partial charge in [-0.05, 0) is 60.2 Å². The highest BCUT2D eigenvalue weighted by Crippen LogP contribution is 2.30. The highest BCUT2D eigenvalue weighted by Gasteiger charge is 2.21. The molecular weight excluding hydrogens is 434 g/mol. The largest absolute Gasteiger partial charge is 0.423 e. The second-order valence-electron chi connectivity index (χ2n) is 7.18. The number of rotatable bonds is 7. The van der Waals surface area contributed by atoms with E-state index in [0.717, 1.165) is 55.7 Å². The summed E-state index contributed by atoms with van der Waals surface area (Å²) in [5, 5.41) is -0.290. The van der Waals surface area contributed by atoms with Crippen molar-refractivity contribution in [1.29, 1.82) is 0 Å². The Morgan fingerprint density at radius 2 is 1.62 bits per heavy atom. The molecule has 0 amide bonds. The zero-order valence-electron chi connectivity index (χ0n) is 17.0. The molecule has 0 saturated heterocycles. The number of esters is 1. The van der Waals surface area contributed by atoms with Crippen LogP contribution in [0.25, 0.3) is 16.8 Å². The fraction of sp³-hybridized carbons (Fsp3) is 0.208. The molecule has 168 valence electrons. The number of fused-ring (bicyclic) bond motifs is 1. The van der Waals surface area contributed by atoms with Gasteiger partial charge in [0.15, 0.2) is 0 Å². The van der Waals surface area contributed by atoms with Crippen LogP contribution >= 0.6 is 0 Å². The fourth-order valence-corrected chi connectivity index (χ4v) is 3.33. The molecule has 8 heteroatoms. The monoisotopic (exact) mass is 452 g/mol. The first-order chi connectivity index (χ1) is 15.2. The molecular formula is C24H18F6O2. The Morgan fingerprint density at radius 1 is 0.938 bits per heavy atom. The maximum atomic E-state index is 14.4. The Morgan fingerprint density at radius 3 is 2.25 bits per heavy atom. The second-order valence-corrected chi connectivity index (χ2v) is 7.18. The molecule has 0 atom stereocenters. The van der Waals surface area contributed by atoms with E-state index in [1.807, 2.05) is 6.92 Å². The third-order valence-electron chi connectivity index (χ3n) is 4.87. The molecule has 0 radical (unpaired) electrons. The molecule has 0 aliphatic rings. The van der Waals surface area contributed by atoms with Crippen LogP contribution in [0.4, 0.5) is 26.3 Å². The zero-order valence-corrected chi connectivity index (χ0v) is 17.0. The lowest BCUT2D eigenvalue weighted by atomic mass is 10.0. The van der Waals surface area contributed by atoms with Crippen molar-refractivity contribution in [2.75, 3.05) is 0 Å². The SMILES string of the molecule is CCCCCc1cc(F)c(C(=O)Oc2ccc3c(F)c(C=C(F)F)c(F)cc3c2)c(F)c1. The number of benzene rings is 3. The lowest BCUT2D eigenvalue weighted by Gasteiger charge is -2.10. The van der Waals surface area contributed by atoms with E-state index in [9.17, 15) is 31.1 Å². The van der Waals surface area contributed by atoms with Crippen LogP contribution in [-0.4, -0.2) is 5.97 Å². The lowest BCUT2D eigenvalue weighted by molar-refractivity contribution is 0.0725. The summed E-state index contributed by atoms with van der Waals surface area (Å²) in [6.45, 7) is 2.00. The normalized spacial score (nSPS) is 11.0. The van der Waals surface area contributed by atoms with Crippen LogP contribution in [0.3, 0.4) is 0 Å². The molecule has 0 aromatic heterocycles. The number of hydrogen-bond acceptors (Lipinski definition) is 2. The molecule has 3 aromatic carbocycles. The van der Waals surface area contributed by atoms with Crippen molar-refractivity contribution in [3.8, 4) is 5.75 Å². The standard InChI is InChI=1S/C24H18F6O2/c1-2-3-4-5-13-8-19(26)22(20(27)9-13)24(31)32-15-6-7-16-14(10-15)11-18(25)17(23(16)30)12-21(28)29/h6-12H,2-5H2,1H3. The molecule has 2 nitrogen and oxygen atoms in total.